The molecule has 0 atom stereocenters. The Labute approximate surface area is 170 Å². The summed E-state index contributed by atoms with van der Waals surface area (Å²) in [7, 11) is -4.10. The summed E-state index contributed by atoms with van der Waals surface area (Å²) in [6, 6.07) is 22.5. The van der Waals surface area contributed by atoms with Gasteiger partial charge in [-0.05, 0) is 35.9 Å². The normalized spacial score (nSPS) is 11.5. The Hall–Kier alpha value is -2.90. The van der Waals surface area contributed by atoms with E-state index in [-0.39, 0.29) is 10.7 Å². The quantitative estimate of drug-likeness (QED) is 0.470. The van der Waals surface area contributed by atoms with Crippen molar-refractivity contribution >= 4 is 42.8 Å². The SMILES string of the molecule is O=C(NS(=O)(=O)c1ccccc1-c1ccccc1)c1cc2ccc(Br)cc2o1. The van der Waals surface area contributed by atoms with Crippen molar-refractivity contribution in [2.24, 2.45) is 0 Å². The molecule has 0 spiro atoms. The van der Waals surface area contributed by atoms with Gasteiger partial charge in [0.25, 0.3) is 10.0 Å². The summed E-state index contributed by atoms with van der Waals surface area (Å²) in [6.07, 6.45) is 0. The van der Waals surface area contributed by atoms with Crippen LogP contribution in [0.15, 0.2) is 92.6 Å². The van der Waals surface area contributed by atoms with Gasteiger partial charge in [-0.25, -0.2) is 13.1 Å². The van der Waals surface area contributed by atoms with Crippen LogP contribution in [0.25, 0.3) is 22.1 Å². The predicted octanol–water partition coefficient (Wildman–Crippen LogP) is 4.98. The van der Waals surface area contributed by atoms with Gasteiger partial charge in [-0.15, -0.1) is 0 Å². The van der Waals surface area contributed by atoms with Crippen molar-refractivity contribution in [1.29, 1.82) is 0 Å². The highest BCUT2D eigenvalue weighted by Gasteiger charge is 2.24. The molecule has 7 heteroatoms. The van der Waals surface area contributed by atoms with E-state index in [9.17, 15) is 13.2 Å². The fraction of sp³-hybridized carbons (Fsp3) is 0. The molecular formula is C21H14BrNO4S. The predicted molar refractivity (Wildman–Crippen MR) is 110 cm³/mol. The minimum Gasteiger partial charge on any atom is -0.451 e. The fourth-order valence-electron chi connectivity index (χ4n) is 2.90. The van der Waals surface area contributed by atoms with Gasteiger partial charge in [0.15, 0.2) is 5.76 Å². The van der Waals surface area contributed by atoms with Gasteiger partial charge in [-0.3, -0.25) is 4.79 Å². The Balaban J connectivity index is 1.68. The summed E-state index contributed by atoms with van der Waals surface area (Å²) < 4.78 is 34.2. The van der Waals surface area contributed by atoms with Gasteiger partial charge in [0.2, 0.25) is 0 Å². The molecule has 140 valence electrons. The van der Waals surface area contributed by atoms with Gasteiger partial charge in [0.1, 0.15) is 5.58 Å². The number of fused-ring (bicyclic) bond motifs is 1. The number of amides is 1. The van der Waals surface area contributed by atoms with E-state index in [4.69, 9.17) is 4.42 Å². The minimum absolute atomic E-state index is 0.0217. The number of sulfonamides is 1. The molecule has 0 aliphatic rings. The van der Waals surface area contributed by atoms with Gasteiger partial charge in [-0.1, -0.05) is 64.5 Å². The zero-order valence-corrected chi connectivity index (χ0v) is 16.8. The van der Waals surface area contributed by atoms with Crippen molar-refractivity contribution < 1.29 is 17.6 Å². The number of carbonyl (C=O) groups is 1. The lowest BCUT2D eigenvalue weighted by molar-refractivity contribution is 0.0956. The molecule has 5 nitrogen and oxygen atoms in total. The van der Waals surface area contributed by atoms with Crippen LogP contribution in [0.4, 0.5) is 0 Å². The van der Waals surface area contributed by atoms with E-state index >= 15 is 0 Å². The van der Waals surface area contributed by atoms with Crippen LogP contribution in [0.3, 0.4) is 0 Å². The Morgan fingerprint density at radius 2 is 1.61 bits per heavy atom. The first kappa shape index (κ1) is 18.5. The third-order valence-electron chi connectivity index (χ3n) is 4.19. The molecule has 0 aliphatic heterocycles. The number of hydrogen-bond acceptors (Lipinski definition) is 4. The summed E-state index contributed by atoms with van der Waals surface area (Å²) in [5.74, 6) is -0.899. The van der Waals surface area contributed by atoms with Crippen molar-refractivity contribution in [3.63, 3.8) is 0 Å². The van der Waals surface area contributed by atoms with Crippen LogP contribution < -0.4 is 4.72 Å². The summed E-state index contributed by atoms with van der Waals surface area (Å²) in [4.78, 5) is 12.6. The summed E-state index contributed by atoms with van der Waals surface area (Å²) >= 11 is 3.33. The third-order valence-corrected chi connectivity index (χ3v) is 6.08. The van der Waals surface area contributed by atoms with Gasteiger partial charge in [-0.2, -0.15) is 0 Å². The smallest absolute Gasteiger partial charge is 0.300 e. The van der Waals surface area contributed by atoms with Crippen molar-refractivity contribution in [3.05, 3.63) is 89.1 Å². The highest BCUT2D eigenvalue weighted by molar-refractivity contribution is 9.10. The maximum absolute atomic E-state index is 12.9. The minimum atomic E-state index is -4.10. The summed E-state index contributed by atoms with van der Waals surface area (Å²) in [5.41, 5.74) is 1.74. The van der Waals surface area contributed by atoms with Crippen LogP contribution in [-0.4, -0.2) is 14.3 Å². The van der Waals surface area contributed by atoms with E-state index in [0.717, 1.165) is 10.0 Å². The monoisotopic (exact) mass is 455 g/mol. The van der Waals surface area contributed by atoms with E-state index in [1.165, 1.54) is 12.1 Å². The van der Waals surface area contributed by atoms with E-state index in [1.54, 1.807) is 30.3 Å². The lowest BCUT2D eigenvalue weighted by Crippen LogP contribution is -2.30. The van der Waals surface area contributed by atoms with Gasteiger partial charge in [0, 0.05) is 15.4 Å². The molecule has 1 amide bonds. The maximum atomic E-state index is 12.9. The number of benzene rings is 3. The van der Waals surface area contributed by atoms with Crippen molar-refractivity contribution in [1.82, 2.24) is 4.72 Å². The number of furan rings is 1. The lowest BCUT2D eigenvalue weighted by Gasteiger charge is -2.11. The van der Waals surface area contributed by atoms with Crippen LogP contribution in [-0.2, 0) is 10.0 Å². The average Bonchev–Trinajstić information content (AvgIpc) is 3.12. The topological polar surface area (TPSA) is 76.4 Å². The first-order chi connectivity index (χ1) is 13.4. The largest absolute Gasteiger partial charge is 0.451 e. The van der Waals surface area contributed by atoms with E-state index in [1.807, 2.05) is 36.4 Å². The molecule has 0 aliphatic carbocycles. The highest BCUT2D eigenvalue weighted by Crippen LogP contribution is 2.28. The van der Waals surface area contributed by atoms with E-state index in [2.05, 4.69) is 20.7 Å². The first-order valence-corrected chi connectivity index (χ1v) is 10.6. The molecule has 0 unspecified atom stereocenters. The molecule has 0 saturated carbocycles. The molecule has 4 rings (SSSR count). The van der Waals surface area contributed by atoms with Gasteiger partial charge in [0.05, 0.1) is 4.90 Å². The number of carbonyl (C=O) groups excluding carboxylic acids is 1. The standard InChI is InChI=1S/C21H14BrNO4S/c22-16-11-10-15-12-19(27-18(15)13-16)21(24)23-28(25,26)20-9-5-4-8-17(20)14-6-2-1-3-7-14/h1-13H,(H,23,24). The fourth-order valence-corrected chi connectivity index (χ4v) is 4.43. The van der Waals surface area contributed by atoms with Crippen LogP contribution >= 0.6 is 15.9 Å². The van der Waals surface area contributed by atoms with E-state index in [0.29, 0.717) is 16.5 Å². The Morgan fingerprint density at radius 3 is 2.39 bits per heavy atom. The van der Waals surface area contributed by atoms with Crippen molar-refractivity contribution in [3.8, 4) is 11.1 Å². The van der Waals surface area contributed by atoms with Crippen LogP contribution in [0.1, 0.15) is 10.6 Å². The molecule has 0 saturated heterocycles. The Morgan fingerprint density at radius 1 is 0.893 bits per heavy atom. The molecular weight excluding hydrogens is 442 g/mol. The second-order valence-corrected chi connectivity index (χ2v) is 8.66. The molecule has 0 radical (unpaired) electrons. The molecule has 1 N–H and O–H groups in total. The second-order valence-electron chi connectivity index (χ2n) is 6.09. The Kier molecular flexibility index (Phi) is 4.78. The van der Waals surface area contributed by atoms with Crippen molar-refractivity contribution in [2.75, 3.05) is 0 Å². The number of nitrogens with one attached hydrogen (secondary N) is 1. The maximum Gasteiger partial charge on any atom is 0.300 e. The molecule has 1 heterocycles. The molecule has 0 bridgehead atoms. The van der Waals surface area contributed by atoms with Gasteiger partial charge >= 0.3 is 5.91 Å². The average molecular weight is 456 g/mol. The Bertz CT molecular complexity index is 1280. The molecule has 28 heavy (non-hydrogen) atoms. The second kappa shape index (κ2) is 7.26. The molecule has 0 fully saturated rings. The number of hydrogen-bond donors (Lipinski definition) is 1. The van der Waals surface area contributed by atoms with E-state index < -0.39 is 15.9 Å². The van der Waals surface area contributed by atoms with Crippen molar-refractivity contribution in [2.45, 2.75) is 4.90 Å². The van der Waals surface area contributed by atoms with Crippen LogP contribution in [0.5, 0.6) is 0 Å². The number of halogens is 1. The summed E-state index contributed by atoms with van der Waals surface area (Å²) in [6.45, 7) is 0. The van der Waals surface area contributed by atoms with Gasteiger partial charge < -0.3 is 4.42 Å². The molecule has 1 aromatic heterocycles. The number of rotatable bonds is 4. The van der Waals surface area contributed by atoms with Crippen LogP contribution in [0, 0.1) is 0 Å². The zero-order valence-electron chi connectivity index (χ0n) is 14.4. The summed E-state index contributed by atoms with van der Waals surface area (Å²) in [5, 5.41) is 0.704. The third kappa shape index (κ3) is 3.58. The highest BCUT2D eigenvalue weighted by atomic mass is 79.9. The lowest BCUT2D eigenvalue weighted by atomic mass is 10.1. The zero-order chi connectivity index (χ0) is 19.7. The first-order valence-electron chi connectivity index (χ1n) is 8.35. The molecule has 3 aromatic carbocycles. The van der Waals surface area contributed by atoms with Crippen LogP contribution in [0.2, 0.25) is 0 Å². The molecule has 4 aromatic rings.